The lowest BCUT2D eigenvalue weighted by Crippen LogP contribution is -2.35. The average molecular weight is 386 g/mol. The second-order valence-electron chi connectivity index (χ2n) is 6.79. The van der Waals surface area contributed by atoms with Crippen LogP contribution in [0, 0.1) is 6.92 Å². The second-order valence-corrected chi connectivity index (χ2v) is 7.23. The van der Waals surface area contributed by atoms with Crippen molar-refractivity contribution in [3.05, 3.63) is 58.6 Å². The summed E-state index contributed by atoms with van der Waals surface area (Å²) in [6.45, 7) is 3.67. The number of carbonyl (C=O) groups excluding carboxylic acids is 2. The van der Waals surface area contributed by atoms with Crippen molar-refractivity contribution in [2.75, 3.05) is 30.3 Å². The van der Waals surface area contributed by atoms with Crippen LogP contribution in [0.15, 0.2) is 42.5 Å². The van der Waals surface area contributed by atoms with E-state index in [0.29, 0.717) is 16.3 Å². The number of rotatable bonds is 5. The standard InChI is InChI=1S/C21H24ClN3O2/c1-15-8-9-17(22)13-19(15)23-14-20(26)24-18-7-5-6-16(12-18)21(27)25-10-3-2-4-11-25/h5-9,12-13,23H,2-4,10-11,14H2,1H3,(H,24,26). The Hall–Kier alpha value is -2.53. The van der Waals surface area contributed by atoms with Gasteiger partial charge in [0.1, 0.15) is 0 Å². The Morgan fingerprint density at radius 1 is 1.07 bits per heavy atom. The van der Waals surface area contributed by atoms with E-state index in [2.05, 4.69) is 10.6 Å². The van der Waals surface area contributed by atoms with Crippen LogP contribution in [-0.4, -0.2) is 36.3 Å². The molecule has 0 unspecified atom stereocenters. The largest absolute Gasteiger partial charge is 0.376 e. The first-order valence-corrected chi connectivity index (χ1v) is 9.60. The molecule has 3 rings (SSSR count). The van der Waals surface area contributed by atoms with Crippen LogP contribution in [0.4, 0.5) is 11.4 Å². The topological polar surface area (TPSA) is 61.4 Å². The Morgan fingerprint density at radius 2 is 1.85 bits per heavy atom. The number of anilines is 2. The number of likely N-dealkylation sites (tertiary alicyclic amines) is 1. The van der Waals surface area contributed by atoms with Gasteiger partial charge < -0.3 is 15.5 Å². The maximum Gasteiger partial charge on any atom is 0.253 e. The summed E-state index contributed by atoms with van der Waals surface area (Å²) in [5.74, 6) is -0.157. The maximum atomic E-state index is 12.6. The monoisotopic (exact) mass is 385 g/mol. The summed E-state index contributed by atoms with van der Waals surface area (Å²) in [6.07, 6.45) is 3.28. The minimum Gasteiger partial charge on any atom is -0.376 e. The molecule has 0 bridgehead atoms. The van der Waals surface area contributed by atoms with Crippen LogP contribution >= 0.6 is 11.6 Å². The molecule has 0 atom stereocenters. The van der Waals surface area contributed by atoms with Crippen molar-refractivity contribution in [3.8, 4) is 0 Å². The number of nitrogens with one attached hydrogen (secondary N) is 2. The lowest BCUT2D eigenvalue weighted by atomic mass is 10.1. The first-order valence-electron chi connectivity index (χ1n) is 9.22. The lowest BCUT2D eigenvalue weighted by molar-refractivity contribution is -0.114. The van der Waals surface area contributed by atoms with Gasteiger partial charge in [-0.3, -0.25) is 9.59 Å². The van der Waals surface area contributed by atoms with Gasteiger partial charge in [0.2, 0.25) is 5.91 Å². The van der Waals surface area contributed by atoms with E-state index >= 15 is 0 Å². The van der Waals surface area contributed by atoms with E-state index in [1.807, 2.05) is 24.0 Å². The van der Waals surface area contributed by atoms with Crippen molar-refractivity contribution in [2.24, 2.45) is 0 Å². The first kappa shape index (κ1) is 19.2. The molecule has 1 heterocycles. The molecule has 0 aliphatic carbocycles. The van der Waals surface area contributed by atoms with Crippen molar-refractivity contribution in [1.29, 1.82) is 0 Å². The maximum absolute atomic E-state index is 12.6. The molecule has 27 heavy (non-hydrogen) atoms. The smallest absolute Gasteiger partial charge is 0.253 e. The molecule has 0 spiro atoms. The summed E-state index contributed by atoms with van der Waals surface area (Å²) in [5.41, 5.74) is 3.06. The molecule has 2 aromatic rings. The zero-order valence-electron chi connectivity index (χ0n) is 15.4. The normalized spacial score (nSPS) is 13.9. The van der Waals surface area contributed by atoms with Crippen molar-refractivity contribution < 1.29 is 9.59 Å². The highest BCUT2D eigenvalue weighted by atomic mass is 35.5. The van der Waals surface area contributed by atoms with Crippen molar-refractivity contribution in [2.45, 2.75) is 26.2 Å². The molecule has 0 saturated carbocycles. The summed E-state index contributed by atoms with van der Waals surface area (Å²) in [6, 6.07) is 12.6. The summed E-state index contributed by atoms with van der Waals surface area (Å²) in [4.78, 5) is 26.8. The molecule has 2 aromatic carbocycles. The molecule has 1 fully saturated rings. The summed E-state index contributed by atoms with van der Waals surface area (Å²) in [5, 5.41) is 6.55. The molecule has 2 amide bonds. The molecule has 2 N–H and O–H groups in total. The quantitative estimate of drug-likeness (QED) is 0.805. The summed E-state index contributed by atoms with van der Waals surface area (Å²) >= 11 is 6.00. The minimum absolute atomic E-state index is 0.0264. The minimum atomic E-state index is -0.183. The van der Waals surface area contributed by atoms with Crippen LogP contribution in [0.5, 0.6) is 0 Å². The molecule has 1 aliphatic heterocycles. The van der Waals surface area contributed by atoms with Gasteiger partial charge in [-0.2, -0.15) is 0 Å². The SMILES string of the molecule is Cc1ccc(Cl)cc1NCC(=O)Nc1cccc(C(=O)N2CCCCC2)c1. The van der Waals surface area contributed by atoms with E-state index in [1.54, 1.807) is 30.3 Å². The number of carbonyl (C=O) groups is 2. The molecule has 6 heteroatoms. The molecule has 5 nitrogen and oxygen atoms in total. The lowest BCUT2D eigenvalue weighted by Gasteiger charge is -2.26. The Kier molecular flexibility index (Phi) is 6.35. The number of amides is 2. The van der Waals surface area contributed by atoms with Crippen molar-refractivity contribution in [1.82, 2.24) is 4.90 Å². The molecule has 142 valence electrons. The van der Waals surface area contributed by atoms with E-state index in [4.69, 9.17) is 11.6 Å². The number of nitrogens with zero attached hydrogens (tertiary/aromatic N) is 1. The Morgan fingerprint density at radius 3 is 2.63 bits per heavy atom. The van der Waals surface area contributed by atoms with Crippen LogP contribution in [-0.2, 0) is 4.79 Å². The number of hydrogen-bond acceptors (Lipinski definition) is 3. The van der Waals surface area contributed by atoms with E-state index < -0.39 is 0 Å². The fourth-order valence-electron chi connectivity index (χ4n) is 3.17. The Balaban J connectivity index is 1.59. The van der Waals surface area contributed by atoms with E-state index in [9.17, 15) is 9.59 Å². The number of halogens is 1. The van der Waals surface area contributed by atoms with Crippen molar-refractivity contribution >= 4 is 34.8 Å². The van der Waals surface area contributed by atoms with E-state index in [0.717, 1.165) is 37.2 Å². The number of hydrogen-bond donors (Lipinski definition) is 2. The zero-order chi connectivity index (χ0) is 19.2. The van der Waals surface area contributed by atoms with Crippen LogP contribution in [0.25, 0.3) is 0 Å². The number of benzene rings is 2. The van der Waals surface area contributed by atoms with Gasteiger partial charge in [-0.05, 0) is 62.1 Å². The van der Waals surface area contributed by atoms with Crippen molar-refractivity contribution in [3.63, 3.8) is 0 Å². The molecule has 0 radical (unpaired) electrons. The van der Waals surface area contributed by atoms with Gasteiger partial charge in [-0.15, -0.1) is 0 Å². The Bertz CT molecular complexity index is 832. The average Bonchev–Trinajstić information content (AvgIpc) is 2.69. The third-order valence-corrected chi connectivity index (χ3v) is 4.91. The highest BCUT2D eigenvalue weighted by molar-refractivity contribution is 6.30. The van der Waals surface area contributed by atoms with E-state index in [1.165, 1.54) is 6.42 Å². The zero-order valence-corrected chi connectivity index (χ0v) is 16.2. The predicted octanol–water partition coefficient (Wildman–Crippen LogP) is 4.33. The van der Waals surface area contributed by atoms with Crippen LogP contribution in [0.3, 0.4) is 0 Å². The fourth-order valence-corrected chi connectivity index (χ4v) is 3.35. The molecular formula is C21H24ClN3O2. The number of aryl methyl sites for hydroxylation is 1. The molecule has 1 aliphatic rings. The highest BCUT2D eigenvalue weighted by Gasteiger charge is 2.18. The number of piperidine rings is 1. The molecule has 1 saturated heterocycles. The van der Waals surface area contributed by atoms with Crippen LogP contribution in [0.2, 0.25) is 5.02 Å². The predicted molar refractivity (Wildman–Crippen MR) is 110 cm³/mol. The van der Waals surface area contributed by atoms with Gasteiger partial charge in [0.25, 0.3) is 5.91 Å². The first-order chi connectivity index (χ1) is 13.0. The van der Waals surface area contributed by atoms with Crippen LogP contribution < -0.4 is 10.6 Å². The second kappa shape index (κ2) is 8.91. The van der Waals surface area contributed by atoms with Gasteiger partial charge in [0.15, 0.2) is 0 Å². The summed E-state index contributed by atoms with van der Waals surface area (Å²) in [7, 11) is 0. The van der Waals surface area contributed by atoms with E-state index in [-0.39, 0.29) is 18.4 Å². The van der Waals surface area contributed by atoms with Gasteiger partial charge in [-0.1, -0.05) is 23.7 Å². The van der Waals surface area contributed by atoms with Crippen LogP contribution in [0.1, 0.15) is 35.2 Å². The third kappa shape index (κ3) is 5.23. The third-order valence-electron chi connectivity index (χ3n) is 4.68. The van der Waals surface area contributed by atoms with Gasteiger partial charge in [0, 0.05) is 35.1 Å². The Labute approximate surface area is 164 Å². The fraction of sp³-hybridized carbons (Fsp3) is 0.333. The molecule has 0 aromatic heterocycles. The van der Waals surface area contributed by atoms with Gasteiger partial charge in [0.05, 0.1) is 6.54 Å². The summed E-state index contributed by atoms with van der Waals surface area (Å²) < 4.78 is 0. The van der Waals surface area contributed by atoms with Gasteiger partial charge in [-0.25, -0.2) is 0 Å². The van der Waals surface area contributed by atoms with Gasteiger partial charge >= 0.3 is 0 Å². The highest BCUT2D eigenvalue weighted by Crippen LogP contribution is 2.20. The molecular weight excluding hydrogens is 362 g/mol.